The molecule has 0 unspecified atom stereocenters. The molecule has 8 heteroatoms. The molecule has 1 saturated heterocycles. The lowest BCUT2D eigenvalue weighted by atomic mass is 10.2. The number of piperazine rings is 1. The Morgan fingerprint density at radius 2 is 1.95 bits per heavy atom. The van der Waals surface area contributed by atoms with Crippen LogP contribution in [-0.2, 0) is 10.0 Å². The maximum Gasteiger partial charge on any atom is 0.256 e. The summed E-state index contributed by atoms with van der Waals surface area (Å²) in [4.78, 5) is 18.3. The van der Waals surface area contributed by atoms with Gasteiger partial charge in [-0.2, -0.15) is 4.31 Å². The first-order chi connectivity index (χ1) is 9.43. The van der Waals surface area contributed by atoms with Gasteiger partial charge < -0.3 is 4.90 Å². The Bertz CT molecular complexity index is 596. The highest BCUT2D eigenvalue weighted by Gasteiger charge is 2.27. The van der Waals surface area contributed by atoms with Gasteiger partial charge in [-0.05, 0) is 18.4 Å². The van der Waals surface area contributed by atoms with Crippen molar-refractivity contribution < 1.29 is 13.2 Å². The van der Waals surface area contributed by atoms with Crippen molar-refractivity contribution >= 4 is 27.7 Å². The fourth-order valence-corrected chi connectivity index (χ4v) is 3.48. The van der Waals surface area contributed by atoms with E-state index in [-0.39, 0.29) is 5.91 Å². The van der Waals surface area contributed by atoms with Crippen molar-refractivity contribution in [2.45, 2.75) is 5.03 Å². The Morgan fingerprint density at radius 1 is 1.30 bits per heavy atom. The summed E-state index contributed by atoms with van der Waals surface area (Å²) in [7, 11) is -3.17. The summed E-state index contributed by atoms with van der Waals surface area (Å²) in [5.74, 6) is -0.0874. The second kappa shape index (κ2) is 6.11. The zero-order chi connectivity index (χ0) is 14.8. The molecule has 0 atom stereocenters. The van der Waals surface area contributed by atoms with Crippen molar-refractivity contribution in [2.75, 3.05) is 38.7 Å². The van der Waals surface area contributed by atoms with Crippen LogP contribution in [0.4, 0.5) is 0 Å². The van der Waals surface area contributed by atoms with Crippen LogP contribution in [0.2, 0.25) is 0 Å². The van der Waals surface area contributed by atoms with Gasteiger partial charge in [0.05, 0.1) is 11.8 Å². The lowest BCUT2D eigenvalue weighted by Gasteiger charge is -2.33. The number of carbonyl (C=O) groups excluding carboxylic acids is 1. The average molecular weight is 315 g/mol. The molecule has 1 aromatic heterocycles. The van der Waals surface area contributed by atoms with Gasteiger partial charge in [0.1, 0.15) is 5.03 Å². The molecular weight excluding hydrogens is 298 g/mol. The summed E-state index contributed by atoms with van der Waals surface area (Å²) in [5, 5.41) is 0.697. The average Bonchev–Trinajstić information content (AvgIpc) is 2.45. The third-order valence-corrected chi connectivity index (χ3v) is 5.20. The molecule has 0 spiro atoms. The number of carbonyl (C=O) groups is 1. The molecule has 1 aliphatic heterocycles. The number of amides is 1. The number of rotatable bonds is 3. The van der Waals surface area contributed by atoms with Gasteiger partial charge in [-0.1, -0.05) is 0 Å². The molecule has 1 fully saturated rings. The molecule has 1 amide bonds. The standard InChI is InChI=1S/C12H17N3O3S2/c1-19-11-10(4-3-5-13-11)12(16)14-6-8-15(9-7-14)20(2,17)18/h3-5H,6-9H2,1-2H3. The van der Waals surface area contributed by atoms with E-state index < -0.39 is 10.0 Å². The van der Waals surface area contributed by atoms with Gasteiger partial charge in [-0.15, -0.1) is 11.8 Å². The molecule has 0 N–H and O–H groups in total. The summed E-state index contributed by atoms with van der Waals surface area (Å²) in [6.45, 7) is 1.52. The van der Waals surface area contributed by atoms with Crippen molar-refractivity contribution in [1.82, 2.24) is 14.2 Å². The normalized spacial score (nSPS) is 17.2. The fraction of sp³-hybridized carbons (Fsp3) is 0.500. The van der Waals surface area contributed by atoms with Crippen molar-refractivity contribution in [3.05, 3.63) is 23.9 Å². The zero-order valence-electron chi connectivity index (χ0n) is 11.4. The second-order valence-electron chi connectivity index (χ2n) is 4.51. The van der Waals surface area contributed by atoms with Crippen LogP contribution in [0.5, 0.6) is 0 Å². The highest BCUT2D eigenvalue weighted by molar-refractivity contribution is 7.98. The van der Waals surface area contributed by atoms with Crippen LogP contribution >= 0.6 is 11.8 Å². The smallest absolute Gasteiger partial charge is 0.256 e. The minimum atomic E-state index is -3.17. The van der Waals surface area contributed by atoms with Gasteiger partial charge in [0.25, 0.3) is 5.91 Å². The number of thioether (sulfide) groups is 1. The van der Waals surface area contributed by atoms with Crippen molar-refractivity contribution in [1.29, 1.82) is 0 Å². The van der Waals surface area contributed by atoms with Crippen LogP contribution in [0.1, 0.15) is 10.4 Å². The van der Waals surface area contributed by atoms with E-state index in [1.165, 1.54) is 22.3 Å². The SMILES string of the molecule is CSc1ncccc1C(=O)N1CCN(S(C)(=O)=O)CC1. The number of pyridine rings is 1. The predicted molar refractivity (Wildman–Crippen MR) is 78.3 cm³/mol. The fourth-order valence-electron chi connectivity index (χ4n) is 2.11. The number of hydrogen-bond donors (Lipinski definition) is 0. The first-order valence-electron chi connectivity index (χ1n) is 6.17. The topological polar surface area (TPSA) is 70.6 Å². The molecule has 20 heavy (non-hydrogen) atoms. The first-order valence-corrected chi connectivity index (χ1v) is 9.24. The van der Waals surface area contributed by atoms with E-state index in [0.717, 1.165) is 0 Å². The monoisotopic (exact) mass is 315 g/mol. The Morgan fingerprint density at radius 3 is 2.50 bits per heavy atom. The molecule has 1 aromatic rings. The summed E-state index contributed by atoms with van der Waals surface area (Å²) in [5.41, 5.74) is 0.577. The maximum absolute atomic E-state index is 12.4. The number of hydrogen-bond acceptors (Lipinski definition) is 5. The number of sulfonamides is 1. The van der Waals surface area contributed by atoms with Gasteiger partial charge in [-0.25, -0.2) is 13.4 Å². The van der Waals surface area contributed by atoms with Crippen LogP contribution in [-0.4, -0.2) is 67.2 Å². The third-order valence-electron chi connectivity index (χ3n) is 3.19. The van der Waals surface area contributed by atoms with Crippen LogP contribution in [0.25, 0.3) is 0 Å². The van der Waals surface area contributed by atoms with Crippen LogP contribution in [0.3, 0.4) is 0 Å². The highest BCUT2D eigenvalue weighted by Crippen LogP contribution is 2.19. The zero-order valence-corrected chi connectivity index (χ0v) is 13.1. The van der Waals surface area contributed by atoms with Gasteiger partial charge in [-0.3, -0.25) is 4.79 Å². The molecular formula is C12H17N3O3S2. The molecule has 0 radical (unpaired) electrons. The van der Waals surface area contributed by atoms with Gasteiger partial charge in [0.15, 0.2) is 0 Å². The van der Waals surface area contributed by atoms with E-state index in [1.54, 1.807) is 23.2 Å². The lowest BCUT2D eigenvalue weighted by molar-refractivity contribution is 0.0694. The maximum atomic E-state index is 12.4. The minimum Gasteiger partial charge on any atom is -0.336 e. The number of aromatic nitrogens is 1. The van der Waals surface area contributed by atoms with E-state index >= 15 is 0 Å². The molecule has 0 aliphatic carbocycles. The van der Waals surface area contributed by atoms with Gasteiger partial charge >= 0.3 is 0 Å². The van der Waals surface area contributed by atoms with Crippen LogP contribution in [0, 0.1) is 0 Å². The van der Waals surface area contributed by atoms with Crippen molar-refractivity contribution in [2.24, 2.45) is 0 Å². The second-order valence-corrected chi connectivity index (χ2v) is 7.29. The van der Waals surface area contributed by atoms with Gasteiger partial charge in [0.2, 0.25) is 10.0 Å². The van der Waals surface area contributed by atoms with Gasteiger partial charge in [0, 0.05) is 32.4 Å². The van der Waals surface area contributed by atoms with E-state index in [2.05, 4.69) is 4.98 Å². The molecule has 0 aromatic carbocycles. The Hall–Kier alpha value is -1.12. The summed E-state index contributed by atoms with van der Waals surface area (Å²) >= 11 is 1.43. The Labute approximate surface area is 123 Å². The predicted octanol–water partition coefficient (Wildman–Crippen LogP) is 0.521. The number of nitrogens with zero attached hydrogens (tertiary/aromatic N) is 3. The molecule has 2 heterocycles. The molecule has 1 aliphatic rings. The minimum absolute atomic E-state index is 0.0874. The summed E-state index contributed by atoms with van der Waals surface area (Å²) in [6.07, 6.45) is 4.72. The van der Waals surface area contributed by atoms with E-state index in [0.29, 0.717) is 36.8 Å². The van der Waals surface area contributed by atoms with E-state index in [4.69, 9.17) is 0 Å². The Balaban J connectivity index is 2.09. The molecule has 0 bridgehead atoms. The highest BCUT2D eigenvalue weighted by atomic mass is 32.2. The first kappa shape index (κ1) is 15.3. The largest absolute Gasteiger partial charge is 0.336 e. The Kier molecular flexibility index (Phi) is 4.66. The summed E-state index contributed by atoms with van der Waals surface area (Å²) in [6, 6.07) is 3.49. The molecule has 6 nitrogen and oxygen atoms in total. The van der Waals surface area contributed by atoms with Crippen molar-refractivity contribution in [3.8, 4) is 0 Å². The quantitative estimate of drug-likeness (QED) is 0.761. The summed E-state index contributed by atoms with van der Waals surface area (Å²) < 4.78 is 24.3. The van der Waals surface area contributed by atoms with Crippen LogP contribution in [0.15, 0.2) is 23.4 Å². The third kappa shape index (κ3) is 3.31. The van der Waals surface area contributed by atoms with Crippen molar-refractivity contribution in [3.63, 3.8) is 0 Å². The molecule has 2 rings (SSSR count). The lowest BCUT2D eigenvalue weighted by Crippen LogP contribution is -2.50. The van der Waals surface area contributed by atoms with E-state index in [1.807, 2.05) is 6.26 Å². The van der Waals surface area contributed by atoms with E-state index in [9.17, 15) is 13.2 Å². The van der Waals surface area contributed by atoms with Crippen LogP contribution < -0.4 is 0 Å². The molecule has 110 valence electrons. The molecule has 0 saturated carbocycles.